The maximum absolute atomic E-state index is 13.6. The van der Waals surface area contributed by atoms with Gasteiger partial charge in [-0.05, 0) is 68.5 Å². The van der Waals surface area contributed by atoms with E-state index < -0.39 is 47.1 Å². The monoisotopic (exact) mass is 808 g/mol. The first-order chi connectivity index (χ1) is 25.5. The largest absolute Gasteiger partial charge is 0.619 e. The molecule has 1 unspecified atom stereocenters. The molecule has 1 fully saturated rings. The third-order valence-electron chi connectivity index (χ3n) is 8.86. The molecular weight excluding hydrogens is 777 g/mol. The lowest BCUT2D eigenvalue weighted by Gasteiger charge is -2.23. The van der Waals surface area contributed by atoms with Crippen LogP contribution >= 0.6 is 23.2 Å². The molecule has 3 heterocycles. The first-order valence-corrected chi connectivity index (χ1v) is 19.0. The quantitative estimate of drug-likeness (QED) is 0.0623. The van der Waals surface area contributed by atoms with Crippen molar-refractivity contribution in [2.45, 2.75) is 52.4 Å². The van der Waals surface area contributed by atoms with Gasteiger partial charge in [-0.25, -0.2) is 8.42 Å². The van der Waals surface area contributed by atoms with Crippen LogP contribution in [0, 0.1) is 25.0 Å². The van der Waals surface area contributed by atoms with Gasteiger partial charge in [-0.3, -0.25) is 23.6 Å². The van der Waals surface area contributed by atoms with Crippen molar-refractivity contribution in [3.63, 3.8) is 0 Å². The number of aromatic nitrogens is 2. The highest BCUT2D eigenvalue weighted by Gasteiger charge is 2.39. The first-order valence-electron chi connectivity index (χ1n) is 16.4. The van der Waals surface area contributed by atoms with E-state index in [1.54, 1.807) is 13.8 Å². The zero-order valence-electron chi connectivity index (χ0n) is 28.9. The van der Waals surface area contributed by atoms with E-state index in [0.717, 1.165) is 35.8 Å². The lowest BCUT2D eigenvalue weighted by Crippen LogP contribution is -2.36. The van der Waals surface area contributed by atoms with Gasteiger partial charge in [-0.1, -0.05) is 34.4 Å². The fraction of sp³-hybridized carbons (Fsp3) is 0.343. The maximum atomic E-state index is 13.6. The molecule has 54 heavy (non-hydrogen) atoms. The van der Waals surface area contributed by atoms with E-state index in [-0.39, 0.29) is 75.0 Å². The van der Waals surface area contributed by atoms with Crippen molar-refractivity contribution in [1.29, 1.82) is 0 Å². The maximum Gasteiger partial charge on any atom is 0.387 e. The van der Waals surface area contributed by atoms with Crippen molar-refractivity contribution >= 4 is 56.7 Å². The second-order valence-corrected chi connectivity index (χ2v) is 15.5. The number of fused-ring (bicyclic) bond motifs is 1. The summed E-state index contributed by atoms with van der Waals surface area (Å²) in [7, 11) is -3.91. The van der Waals surface area contributed by atoms with Gasteiger partial charge in [0.1, 0.15) is 28.5 Å². The van der Waals surface area contributed by atoms with Crippen LogP contribution < -0.4 is 18.5 Å². The number of esters is 1. The van der Waals surface area contributed by atoms with Crippen molar-refractivity contribution < 1.29 is 55.0 Å². The zero-order valence-corrected chi connectivity index (χ0v) is 31.2. The average Bonchev–Trinajstić information content (AvgIpc) is 3.83. The molecule has 0 spiro atoms. The highest BCUT2D eigenvalue weighted by atomic mass is 35.5. The van der Waals surface area contributed by atoms with Crippen LogP contribution in [0.3, 0.4) is 0 Å². The summed E-state index contributed by atoms with van der Waals surface area (Å²) >= 11 is 12.7. The van der Waals surface area contributed by atoms with Crippen molar-refractivity contribution in [1.82, 2.24) is 10.1 Å². The summed E-state index contributed by atoms with van der Waals surface area (Å²) in [5.74, 6) is -2.41. The highest BCUT2D eigenvalue weighted by Crippen LogP contribution is 2.38. The fourth-order valence-electron chi connectivity index (χ4n) is 5.84. The predicted molar refractivity (Wildman–Crippen MR) is 188 cm³/mol. The molecule has 14 nitrogen and oxygen atoms in total. The number of imide groups is 1. The molecule has 2 aromatic heterocycles. The smallest absolute Gasteiger partial charge is 0.387 e. The van der Waals surface area contributed by atoms with Gasteiger partial charge in [0.05, 0.1) is 41.9 Å². The van der Waals surface area contributed by atoms with E-state index in [2.05, 4.69) is 9.89 Å². The molecule has 1 atom stereocenters. The topological polar surface area (TPSA) is 172 Å². The Hall–Kier alpha value is -5.00. The third-order valence-corrected chi connectivity index (χ3v) is 10.7. The molecule has 4 aromatic rings. The molecule has 6 rings (SSSR count). The number of pyridine rings is 1. The Labute approximate surface area is 317 Å². The summed E-state index contributed by atoms with van der Waals surface area (Å²) in [6.07, 6.45) is 3.41. The van der Waals surface area contributed by atoms with Gasteiger partial charge in [-0.2, -0.15) is 13.5 Å². The average molecular weight is 810 g/mol. The Morgan fingerprint density at radius 2 is 1.74 bits per heavy atom. The van der Waals surface area contributed by atoms with Gasteiger partial charge in [0, 0.05) is 17.5 Å². The first kappa shape index (κ1) is 38.7. The van der Waals surface area contributed by atoms with Gasteiger partial charge >= 0.3 is 12.6 Å². The molecule has 19 heteroatoms. The van der Waals surface area contributed by atoms with E-state index >= 15 is 0 Å². The summed E-state index contributed by atoms with van der Waals surface area (Å²) in [5, 5.41) is 15.7. The molecule has 286 valence electrons. The molecule has 0 saturated heterocycles. The summed E-state index contributed by atoms with van der Waals surface area (Å²) in [6, 6.07) is 7.84. The SMILES string of the molecule is Cc1noc(C)c1CN(c1ccc2c(c1)C(=O)N(CC(=O)OC(Cc1c(Cl)c[n+]([O-])cc1Cl)c1ccc(OC(F)F)c(OCC3CC3)c1)C2=O)S(C)(=O)=O. The summed E-state index contributed by atoms with van der Waals surface area (Å²) in [4.78, 5) is 41.2. The number of nitrogens with zero attached hydrogens (tertiary/aromatic N) is 4. The van der Waals surface area contributed by atoms with E-state index in [0.29, 0.717) is 26.6 Å². The van der Waals surface area contributed by atoms with Crippen LogP contribution in [0.2, 0.25) is 10.0 Å². The number of hydrogen-bond donors (Lipinski definition) is 0. The molecule has 1 aliphatic carbocycles. The molecule has 0 radical (unpaired) electrons. The molecule has 2 amide bonds. The van der Waals surface area contributed by atoms with Crippen LogP contribution in [0.15, 0.2) is 53.3 Å². The van der Waals surface area contributed by atoms with Crippen LogP contribution in [-0.2, 0) is 32.5 Å². The van der Waals surface area contributed by atoms with E-state index in [4.69, 9.17) is 37.2 Å². The van der Waals surface area contributed by atoms with Crippen LogP contribution in [0.1, 0.15) is 67.8 Å². The van der Waals surface area contributed by atoms with Crippen molar-refractivity contribution in [2.24, 2.45) is 5.92 Å². The van der Waals surface area contributed by atoms with Gasteiger partial charge in [-0.15, -0.1) is 0 Å². The number of ether oxygens (including phenoxy) is 3. The second-order valence-electron chi connectivity index (χ2n) is 12.8. The number of anilines is 1. The summed E-state index contributed by atoms with van der Waals surface area (Å²) in [6.45, 7) is -0.655. The highest BCUT2D eigenvalue weighted by molar-refractivity contribution is 7.92. The standard InChI is InChI=1S/C35H32Cl2F2N4O10S/c1-18-26(19(2)53-40-18)13-43(54(3,48)49)22-7-8-23-24(11-22)34(46)42(33(23)45)16-32(44)51-30(12-25-27(36)14-41(47)15-28(25)37)21-6-9-29(52-35(38)39)31(10-21)50-17-20-4-5-20/h6-11,14-15,20,30,35H,4-5,12-13,16-17H2,1-3H3. The molecule has 0 bridgehead atoms. The van der Waals surface area contributed by atoms with Crippen molar-refractivity contribution in [2.75, 3.05) is 23.7 Å². The Balaban J connectivity index is 1.26. The predicted octanol–water partition coefficient (Wildman–Crippen LogP) is 5.71. The number of rotatable bonds is 15. The molecule has 1 saturated carbocycles. The van der Waals surface area contributed by atoms with E-state index in [1.807, 2.05) is 0 Å². The molecule has 0 N–H and O–H groups in total. The molecule has 2 aliphatic rings. The number of carbonyl (C=O) groups is 3. The number of amides is 2. The van der Waals surface area contributed by atoms with Crippen LogP contribution in [-0.4, -0.2) is 62.3 Å². The molecule has 1 aliphatic heterocycles. The van der Waals surface area contributed by atoms with Crippen LogP contribution in [0.4, 0.5) is 14.5 Å². The Bertz CT molecular complexity index is 2210. The second kappa shape index (κ2) is 15.4. The van der Waals surface area contributed by atoms with Gasteiger partial charge in [0.15, 0.2) is 23.9 Å². The molecular formula is C35H32Cl2F2N4O10S. The number of carbonyl (C=O) groups excluding carboxylic acids is 3. The van der Waals surface area contributed by atoms with Gasteiger partial charge < -0.3 is 23.9 Å². The lowest BCUT2D eigenvalue weighted by atomic mass is 10.0. The van der Waals surface area contributed by atoms with Gasteiger partial charge in [0.2, 0.25) is 10.0 Å². The van der Waals surface area contributed by atoms with Crippen molar-refractivity contribution in [3.8, 4) is 11.5 Å². The summed E-state index contributed by atoms with van der Waals surface area (Å²) in [5.41, 5.74) is 1.30. The Morgan fingerprint density at radius 3 is 2.35 bits per heavy atom. The number of benzene rings is 2. The molecule has 2 aromatic carbocycles. The Morgan fingerprint density at radius 1 is 1.06 bits per heavy atom. The number of alkyl halides is 2. The number of sulfonamides is 1. The number of aryl methyl sites for hydroxylation is 2. The number of halogens is 4. The minimum atomic E-state index is -3.91. The van der Waals surface area contributed by atoms with E-state index in [9.17, 15) is 36.8 Å². The van der Waals surface area contributed by atoms with E-state index in [1.165, 1.54) is 36.4 Å². The number of hydrogen-bond acceptors (Lipinski definition) is 11. The Kier molecular flexibility index (Phi) is 11.0. The third kappa shape index (κ3) is 8.53. The minimum absolute atomic E-state index is 0.0444. The van der Waals surface area contributed by atoms with Crippen LogP contribution in [0.25, 0.3) is 0 Å². The van der Waals surface area contributed by atoms with Crippen molar-refractivity contribution in [3.05, 3.63) is 103 Å². The normalized spacial score (nSPS) is 14.7. The summed E-state index contributed by atoms with van der Waals surface area (Å²) < 4.78 is 75.0. The fourth-order valence-corrected chi connectivity index (χ4v) is 7.29. The lowest BCUT2D eigenvalue weighted by molar-refractivity contribution is -0.605. The van der Waals surface area contributed by atoms with Gasteiger partial charge in [0.25, 0.3) is 11.8 Å². The minimum Gasteiger partial charge on any atom is -0.619 e. The van der Waals surface area contributed by atoms with Crippen LogP contribution in [0.5, 0.6) is 11.5 Å². The zero-order chi connectivity index (χ0) is 39.1.